The Morgan fingerprint density at radius 3 is 2.47 bits per heavy atom. The molecule has 94 valence electrons. The van der Waals surface area contributed by atoms with Crippen LogP contribution in [0.25, 0.3) is 0 Å². The lowest BCUT2D eigenvalue weighted by Crippen LogP contribution is -2.35. The zero-order valence-corrected chi connectivity index (χ0v) is 11.7. The topological polar surface area (TPSA) is 46.5 Å². The highest BCUT2D eigenvalue weighted by Crippen LogP contribution is 2.30. The Bertz CT molecular complexity index is 375. The Morgan fingerprint density at radius 2 is 2.00 bits per heavy atom. The molecular formula is C13H17BrO3. The highest BCUT2D eigenvalue weighted by atomic mass is 79.9. The number of aliphatic hydroxyl groups is 1. The first-order chi connectivity index (χ1) is 8.04. The fraction of sp³-hybridized carbons (Fsp3) is 0.462. The van der Waals surface area contributed by atoms with Crippen LogP contribution in [0.1, 0.15) is 25.8 Å². The van der Waals surface area contributed by atoms with E-state index in [2.05, 4.69) is 15.9 Å². The summed E-state index contributed by atoms with van der Waals surface area (Å²) in [5.74, 6) is -0.295. The van der Waals surface area contributed by atoms with E-state index in [1.165, 1.54) is 0 Å². The van der Waals surface area contributed by atoms with Gasteiger partial charge in [-0.1, -0.05) is 28.1 Å². The molecule has 4 heteroatoms. The lowest BCUT2D eigenvalue weighted by Gasteiger charge is -2.27. The molecule has 0 bridgehead atoms. The van der Waals surface area contributed by atoms with Crippen LogP contribution < -0.4 is 0 Å². The van der Waals surface area contributed by atoms with Crippen LogP contribution in [-0.2, 0) is 14.9 Å². The van der Waals surface area contributed by atoms with Gasteiger partial charge in [-0.15, -0.1) is 0 Å². The number of hydrogen-bond donors (Lipinski definition) is 1. The largest absolute Gasteiger partial charge is 0.465 e. The smallest absolute Gasteiger partial charge is 0.316 e. The molecule has 0 saturated heterocycles. The maximum atomic E-state index is 12.0. The van der Waals surface area contributed by atoms with E-state index < -0.39 is 5.41 Å². The van der Waals surface area contributed by atoms with Crippen LogP contribution in [0.5, 0.6) is 0 Å². The minimum Gasteiger partial charge on any atom is -0.465 e. The predicted molar refractivity (Wildman–Crippen MR) is 69.8 cm³/mol. The van der Waals surface area contributed by atoms with Crippen LogP contribution in [0.3, 0.4) is 0 Å². The van der Waals surface area contributed by atoms with Gasteiger partial charge in [-0.05, 0) is 38.0 Å². The number of ether oxygens (including phenoxy) is 1. The number of benzene rings is 1. The van der Waals surface area contributed by atoms with Crippen LogP contribution >= 0.6 is 15.9 Å². The molecule has 0 aliphatic heterocycles. The van der Waals surface area contributed by atoms with Gasteiger partial charge in [0.25, 0.3) is 0 Å². The van der Waals surface area contributed by atoms with Crippen molar-refractivity contribution >= 4 is 21.9 Å². The van der Waals surface area contributed by atoms with Crippen molar-refractivity contribution < 1.29 is 14.6 Å². The molecule has 3 nitrogen and oxygen atoms in total. The first kappa shape index (κ1) is 14.2. The molecule has 0 aliphatic rings. The first-order valence-electron chi connectivity index (χ1n) is 5.58. The monoisotopic (exact) mass is 300 g/mol. The maximum Gasteiger partial charge on any atom is 0.316 e. The fourth-order valence-electron chi connectivity index (χ4n) is 1.70. The number of hydrogen-bond acceptors (Lipinski definition) is 3. The summed E-state index contributed by atoms with van der Waals surface area (Å²) in [5.41, 5.74) is 0.0686. The third-order valence-electron chi connectivity index (χ3n) is 2.82. The second kappa shape index (κ2) is 6.17. The molecule has 0 amide bonds. The Hall–Kier alpha value is -0.870. The summed E-state index contributed by atoms with van der Waals surface area (Å²) in [6, 6.07) is 7.50. The van der Waals surface area contributed by atoms with Crippen LogP contribution in [0.15, 0.2) is 28.7 Å². The second-order valence-electron chi connectivity index (χ2n) is 4.03. The minimum absolute atomic E-state index is 0.0502. The quantitative estimate of drug-likeness (QED) is 0.851. The average Bonchev–Trinajstić information content (AvgIpc) is 2.30. The third-order valence-corrected chi connectivity index (χ3v) is 3.35. The number of carbonyl (C=O) groups is 1. The molecule has 0 saturated carbocycles. The summed E-state index contributed by atoms with van der Waals surface area (Å²) >= 11 is 3.35. The predicted octanol–water partition coefficient (Wildman–Crippen LogP) is 2.65. The number of halogens is 1. The van der Waals surface area contributed by atoms with Gasteiger partial charge in [-0.2, -0.15) is 0 Å². The maximum absolute atomic E-state index is 12.0. The molecule has 0 spiro atoms. The minimum atomic E-state index is -0.786. The number of carbonyl (C=O) groups excluding carboxylic acids is 1. The summed E-state index contributed by atoms with van der Waals surface area (Å²) in [6.07, 6.45) is 0.355. The molecule has 0 heterocycles. The van der Waals surface area contributed by atoms with E-state index in [9.17, 15) is 4.79 Å². The van der Waals surface area contributed by atoms with Gasteiger partial charge < -0.3 is 9.84 Å². The molecule has 1 atom stereocenters. The first-order valence-corrected chi connectivity index (χ1v) is 6.38. The van der Waals surface area contributed by atoms with Crippen molar-refractivity contribution in [2.45, 2.75) is 25.7 Å². The lowest BCUT2D eigenvalue weighted by atomic mass is 9.80. The average molecular weight is 301 g/mol. The molecule has 1 rings (SSSR count). The number of rotatable bonds is 5. The van der Waals surface area contributed by atoms with E-state index in [4.69, 9.17) is 9.84 Å². The zero-order chi connectivity index (χ0) is 12.9. The Balaban J connectivity index is 3.06. The standard InChI is InChI=1S/C13H17BrO3/c1-3-17-12(16)13(2,8-9-15)10-4-6-11(14)7-5-10/h4-7,15H,3,8-9H2,1-2H3. The van der Waals surface area contributed by atoms with E-state index in [0.29, 0.717) is 13.0 Å². The summed E-state index contributed by atoms with van der Waals surface area (Å²) in [7, 11) is 0. The Morgan fingerprint density at radius 1 is 1.41 bits per heavy atom. The summed E-state index contributed by atoms with van der Waals surface area (Å²) in [4.78, 5) is 12.0. The van der Waals surface area contributed by atoms with Gasteiger partial charge in [-0.3, -0.25) is 4.79 Å². The molecule has 1 N–H and O–H groups in total. The SMILES string of the molecule is CCOC(=O)C(C)(CCO)c1ccc(Br)cc1. The fourth-order valence-corrected chi connectivity index (χ4v) is 1.96. The number of esters is 1. The van der Waals surface area contributed by atoms with Gasteiger partial charge in [0.15, 0.2) is 0 Å². The molecule has 0 fully saturated rings. The normalized spacial score (nSPS) is 14.1. The van der Waals surface area contributed by atoms with Gasteiger partial charge >= 0.3 is 5.97 Å². The van der Waals surface area contributed by atoms with Crippen LogP contribution in [-0.4, -0.2) is 24.3 Å². The van der Waals surface area contributed by atoms with Crippen LogP contribution in [0.2, 0.25) is 0 Å². The summed E-state index contributed by atoms with van der Waals surface area (Å²) in [6.45, 7) is 3.87. The highest BCUT2D eigenvalue weighted by Gasteiger charge is 2.36. The highest BCUT2D eigenvalue weighted by molar-refractivity contribution is 9.10. The van der Waals surface area contributed by atoms with Gasteiger partial charge in [0.05, 0.1) is 12.0 Å². The molecule has 1 unspecified atom stereocenters. The van der Waals surface area contributed by atoms with Gasteiger partial charge in [0.2, 0.25) is 0 Å². The van der Waals surface area contributed by atoms with Crippen molar-refractivity contribution in [3.63, 3.8) is 0 Å². The van der Waals surface area contributed by atoms with Crippen LogP contribution in [0.4, 0.5) is 0 Å². The molecule has 1 aromatic carbocycles. The van der Waals surface area contributed by atoms with Gasteiger partial charge in [-0.25, -0.2) is 0 Å². The molecule has 0 aromatic heterocycles. The van der Waals surface area contributed by atoms with Crippen molar-refractivity contribution in [1.82, 2.24) is 0 Å². The van der Waals surface area contributed by atoms with Crippen molar-refractivity contribution in [1.29, 1.82) is 0 Å². The van der Waals surface area contributed by atoms with Crippen LogP contribution in [0, 0.1) is 0 Å². The summed E-state index contributed by atoms with van der Waals surface area (Å²) < 4.78 is 6.04. The van der Waals surface area contributed by atoms with Crippen molar-refractivity contribution in [3.8, 4) is 0 Å². The van der Waals surface area contributed by atoms with E-state index in [1.807, 2.05) is 24.3 Å². The van der Waals surface area contributed by atoms with E-state index >= 15 is 0 Å². The zero-order valence-electron chi connectivity index (χ0n) is 10.1. The van der Waals surface area contributed by atoms with Gasteiger partial charge in [0, 0.05) is 11.1 Å². The van der Waals surface area contributed by atoms with Gasteiger partial charge in [0.1, 0.15) is 0 Å². The van der Waals surface area contributed by atoms with E-state index in [1.54, 1.807) is 13.8 Å². The third kappa shape index (κ3) is 3.30. The van der Waals surface area contributed by atoms with Crippen molar-refractivity contribution in [3.05, 3.63) is 34.3 Å². The molecule has 17 heavy (non-hydrogen) atoms. The Kier molecular flexibility index (Phi) is 5.15. The summed E-state index contributed by atoms with van der Waals surface area (Å²) in [5, 5.41) is 9.12. The molecule has 0 aliphatic carbocycles. The van der Waals surface area contributed by atoms with E-state index in [-0.39, 0.29) is 12.6 Å². The van der Waals surface area contributed by atoms with Crippen molar-refractivity contribution in [2.24, 2.45) is 0 Å². The van der Waals surface area contributed by atoms with Crippen molar-refractivity contribution in [2.75, 3.05) is 13.2 Å². The lowest BCUT2D eigenvalue weighted by molar-refractivity contribution is -0.150. The molecule has 1 aromatic rings. The Labute approximate surface area is 110 Å². The van der Waals surface area contributed by atoms with E-state index in [0.717, 1.165) is 10.0 Å². The second-order valence-corrected chi connectivity index (χ2v) is 4.95. The molecule has 0 radical (unpaired) electrons. The number of aliphatic hydroxyl groups excluding tert-OH is 1. The molecular weight excluding hydrogens is 284 g/mol.